The average Bonchev–Trinajstić information content (AvgIpc) is 3.07. The number of hydrogen-bond donors (Lipinski definition) is 1. The smallest absolute Gasteiger partial charge is 0.225 e. The van der Waals surface area contributed by atoms with Crippen LogP contribution in [0.3, 0.4) is 0 Å². The van der Waals surface area contributed by atoms with E-state index in [1.807, 2.05) is 35.7 Å². The van der Waals surface area contributed by atoms with Crippen molar-refractivity contribution >= 4 is 38.8 Å². The van der Waals surface area contributed by atoms with Crippen molar-refractivity contribution in [3.05, 3.63) is 51.7 Å². The Bertz CT molecular complexity index is 671. The number of thiazole rings is 1. The lowest BCUT2D eigenvalue weighted by Gasteiger charge is -2.02. The molecule has 102 valence electrons. The predicted molar refractivity (Wildman–Crippen MR) is 84.4 cm³/mol. The quantitative estimate of drug-likeness (QED) is 0.786. The van der Waals surface area contributed by atoms with E-state index in [0.29, 0.717) is 13.0 Å². The molecule has 3 rings (SSSR count). The molecule has 0 aliphatic rings. The maximum absolute atomic E-state index is 11.8. The molecule has 5 heteroatoms. The number of hydrogen-bond acceptors (Lipinski definition) is 4. The second kappa shape index (κ2) is 6.15. The number of carbonyl (C=O) groups is 1. The van der Waals surface area contributed by atoms with Crippen molar-refractivity contribution in [1.82, 2.24) is 10.3 Å². The van der Waals surface area contributed by atoms with Crippen molar-refractivity contribution in [1.29, 1.82) is 0 Å². The van der Waals surface area contributed by atoms with E-state index in [2.05, 4.69) is 16.4 Å². The molecule has 0 radical (unpaired) electrons. The van der Waals surface area contributed by atoms with Crippen LogP contribution in [0.15, 0.2) is 41.8 Å². The maximum Gasteiger partial charge on any atom is 0.225 e. The van der Waals surface area contributed by atoms with E-state index in [0.717, 1.165) is 21.8 Å². The lowest BCUT2D eigenvalue weighted by atomic mass is 10.3. The minimum Gasteiger partial charge on any atom is -0.355 e. The third kappa shape index (κ3) is 3.23. The molecule has 3 nitrogen and oxygen atoms in total. The highest BCUT2D eigenvalue weighted by atomic mass is 32.1. The van der Waals surface area contributed by atoms with Gasteiger partial charge in [-0.2, -0.15) is 0 Å². The van der Waals surface area contributed by atoms with Crippen molar-refractivity contribution in [2.75, 3.05) is 6.54 Å². The number of carbonyl (C=O) groups excluding carboxylic acids is 1. The molecule has 3 aromatic rings. The molecular weight excluding hydrogens is 288 g/mol. The number of aromatic nitrogens is 1. The Morgan fingerprint density at radius 1 is 1.20 bits per heavy atom. The van der Waals surface area contributed by atoms with Crippen LogP contribution in [0, 0.1) is 0 Å². The van der Waals surface area contributed by atoms with Gasteiger partial charge in [0.25, 0.3) is 0 Å². The van der Waals surface area contributed by atoms with Crippen LogP contribution < -0.4 is 5.32 Å². The molecule has 0 atom stereocenters. The molecule has 2 heterocycles. The molecule has 0 fully saturated rings. The van der Waals surface area contributed by atoms with Gasteiger partial charge in [-0.1, -0.05) is 18.2 Å². The summed E-state index contributed by atoms with van der Waals surface area (Å²) in [5, 5.41) is 6.01. The fourth-order valence-electron chi connectivity index (χ4n) is 1.97. The largest absolute Gasteiger partial charge is 0.355 e. The first-order valence-corrected chi connectivity index (χ1v) is 8.14. The van der Waals surface area contributed by atoms with Crippen LogP contribution in [-0.4, -0.2) is 17.4 Å². The summed E-state index contributed by atoms with van der Waals surface area (Å²) in [6, 6.07) is 12.1. The maximum atomic E-state index is 11.8. The van der Waals surface area contributed by atoms with Crippen LogP contribution in [0.2, 0.25) is 0 Å². The topological polar surface area (TPSA) is 42.0 Å². The molecule has 2 aromatic heterocycles. The standard InChI is InChI=1S/C15H14N2OS2/c18-14(10-11-4-3-9-19-11)16-8-7-15-17-12-5-1-2-6-13(12)20-15/h1-6,9H,7-8,10H2,(H,16,18). The van der Waals surface area contributed by atoms with Gasteiger partial charge in [-0.15, -0.1) is 22.7 Å². The fraction of sp³-hybridized carbons (Fsp3) is 0.200. The Labute approximate surface area is 125 Å². The van der Waals surface area contributed by atoms with Crippen molar-refractivity contribution in [3.63, 3.8) is 0 Å². The molecule has 0 unspecified atom stereocenters. The van der Waals surface area contributed by atoms with E-state index < -0.39 is 0 Å². The van der Waals surface area contributed by atoms with Gasteiger partial charge in [0.15, 0.2) is 0 Å². The highest BCUT2D eigenvalue weighted by Crippen LogP contribution is 2.21. The van der Waals surface area contributed by atoms with Crippen LogP contribution >= 0.6 is 22.7 Å². The van der Waals surface area contributed by atoms with E-state index in [9.17, 15) is 4.79 Å². The molecule has 1 amide bonds. The van der Waals surface area contributed by atoms with Gasteiger partial charge < -0.3 is 5.32 Å². The monoisotopic (exact) mass is 302 g/mol. The van der Waals surface area contributed by atoms with Gasteiger partial charge in [0.1, 0.15) is 0 Å². The van der Waals surface area contributed by atoms with E-state index in [-0.39, 0.29) is 5.91 Å². The lowest BCUT2D eigenvalue weighted by molar-refractivity contribution is -0.120. The molecule has 0 spiro atoms. The second-order valence-corrected chi connectivity index (χ2v) is 6.58. The molecule has 20 heavy (non-hydrogen) atoms. The minimum absolute atomic E-state index is 0.0774. The number of fused-ring (bicyclic) bond motifs is 1. The van der Waals surface area contributed by atoms with E-state index in [1.165, 1.54) is 4.70 Å². The Morgan fingerprint density at radius 3 is 2.90 bits per heavy atom. The molecule has 0 saturated heterocycles. The van der Waals surface area contributed by atoms with Crippen LogP contribution in [0.1, 0.15) is 9.88 Å². The van der Waals surface area contributed by atoms with Gasteiger partial charge in [0.05, 0.1) is 21.6 Å². The summed E-state index contributed by atoms with van der Waals surface area (Å²) in [6.07, 6.45) is 1.26. The van der Waals surface area contributed by atoms with Crippen LogP contribution in [0.25, 0.3) is 10.2 Å². The number of rotatable bonds is 5. The normalized spacial score (nSPS) is 10.8. The van der Waals surface area contributed by atoms with Crippen LogP contribution in [0.5, 0.6) is 0 Å². The van der Waals surface area contributed by atoms with E-state index in [4.69, 9.17) is 0 Å². The van der Waals surface area contributed by atoms with Crippen molar-refractivity contribution in [2.45, 2.75) is 12.8 Å². The number of thiophene rings is 1. The number of nitrogens with one attached hydrogen (secondary N) is 1. The summed E-state index contributed by atoms with van der Waals surface area (Å²) in [5.74, 6) is 0.0774. The highest BCUT2D eigenvalue weighted by molar-refractivity contribution is 7.18. The zero-order valence-corrected chi connectivity index (χ0v) is 12.5. The SMILES string of the molecule is O=C(Cc1cccs1)NCCc1nc2ccccc2s1. The van der Waals surface area contributed by atoms with Gasteiger partial charge >= 0.3 is 0 Å². The minimum atomic E-state index is 0.0774. The van der Waals surface area contributed by atoms with Gasteiger partial charge in [-0.05, 0) is 23.6 Å². The summed E-state index contributed by atoms with van der Waals surface area (Å²) >= 11 is 3.31. The lowest BCUT2D eigenvalue weighted by Crippen LogP contribution is -2.26. The summed E-state index contributed by atoms with van der Waals surface area (Å²) in [7, 11) is 0. The summed E-state index contributed by atoms with van der Waals surface area (Å²) in [4.78, 5) is 17.4. The predicted octanol–water partition coefficient (Wildman–Crippen LogP) is 3.26. The van der Waals surface area contributed by atoms with Gasteiger partial charge in [0.2, 0.25) is 5.91 Å². The average molecular weight is 302 g/mol. The van der Waals surface area contributed by atoms with Gasteiger partial charge in [0, 0.05) is 17.8 Å². The molecule has 0 aliphatic heterocycles. The highest BCUT2D eigenvalue weighted by Gasteiger charge is 2.06. The molecule has 0 bridgehead atoms. The first-order valence-electron chi connectivity index (χ1n) is 6.45. The van der Waals surface area contributed by atoms with Crippen LogP contribution in [-0.2, 0) is 17.6 Å². The molecular formula is C15H14N2OS2. The Hall–Kier alpha value is -1.72. The summed E-state index contributed by atoms with van der Waals surface area (Å²) < 4.78 is 1.20. The van der Waals surface area contributed by atoms with Gasteiger partial charge in [-0.3, -0.25) is 4.79 Å². The third-order valence-corrected chi connectivity index (χ3v) is 4.89. The molecule has 0 aliphatic carbocycles. The molecule has 0 saturated carbocycles. The van der Waals surface area contributed by atoms with Gasteiger partial charge in [-0.25, -0.2) is 4.98 Å². The zero-order valence-electron chi connectivity index (χ0n) is 10.8. The zero-order chi connectivity index (χ0) is 13.8. The molecule has 1 N–H and O–H groups in total. The first kappa shape index (κ1) is 13.3. The third-order valence-electron chi connectivity index (χ3n) is 2.91. The van der Waals surface area contributed by atoms with Crippen molar-refractivity contribution in [2.24, 2.45) is 0 Å². The number of para-hydroxylation sites is 1. The fourth-order valence-corrected chi connectivity index (χ4v) is 3.64. The molecule has 1 aromatic carbocycles. The number of amides is 1. The Balaban J connectivity index is 1.51. The summed E-state index contributed by atoms with van der Waals surface area (Å²) in [5.41, 5.74) is 1.04. The van der Waals surface area contributed by atoms with Crippen molar-refractivity contribution in [3.8, 4) is 0 Å². The van der Waals surface area contributed by atoms with E-state index >= 15 is 0 Å². The van der Waals surface area contributed by atoms with E-state index in [1.54, 1.807) is 22.7 Å². The van der Waals surface area contributed by atoms with Crippen LogP contribution in [0.4, 0.5) is 0 Å². The summed E-state index contributed by atoms with van der Waals surface area (Å²) in [6.45, 7) is 0.643. The first-order chi connectivity index (χ1) is 9.81. The number of nitrogens with zero attached hydrogens (tertiary/aromatic N) is 1. The Kier molecular flexibility index (Phi) is 4.08. The Morgan fingerprint density at radius 2 is 2.10 bits per heavy atom. The van der Waals surface area contributed by atoms with Crippen molar-refractivity contribution < 1.29 is 4.79 Å². The number of benzene rings is 1. The second-order valence-electron chi connectivity index (χ2n) is 4.43.